The Labute approximate surface area is 163 Å². The molecule has 0 aliphatic heterocycles. The molecule has 0 radical (unpaired) electrons. The van der Waals surface area contributed by atoms with Crippen LogP contribution < -0.4 is 10.9 Å². The van der Waals surface area contributed by atoms with Crippen LogP contribution in [0.25, 0.3) is 0 Å². The maximum Gasteiger partial charge on any atom is 0.359 e. The highest BCUT2D eigenvalue weighted by atomic mass is 16.5. The molecule has 0 saturated heterocycles. The minimum Gasteiger partial charge on any atom is -0.451 e. The Morgan fingerprint density at radius 3 is 2.64 bits per heavy atom. The van der Waals surface area contributed by atoms with Gasteiger partial charge < -0.3 is 10.1 Å². The average Bonchev–Trinajstić information content (AvgIpc) is 2.70. The second-order valence-electron chi connectivity index (χ2n) is 7.21. The first-order valence-electron chi connectivity index (χ1n) is 9.61. The first-order valence-corrected chi connectivity index (χ1v) is 9.61. The van der Waals surface area contributed by atoms with Crippen LogP contribution in [0.4, 0.5) is 0 Å². The van der Waals surface area contributed by atoms with Gasteiger partial charge in [-0.15, -0.1) is 0 Å². The number of carbonyl (C=O) groups excluding carboxylic acids is 2. The lowest BCUT2D eigenvalue weighted by Gasteiger charge is -2.29. The molecule has 1 aliphatic rings. The smallest absolute Gasteiger partial charge is 0.359 e. The summed E-state index contributed by atoms with van der Waals surface area (Å²) >= 11 is 0. The van der Waals surface area contributed by atoms with Crippen molar-refractivity contribution in [1.82, 2.24) is 15.1 Å². The number of hydrogen-bond acceptors (Lipinski definition) is 5. The van der Waals surface area contributed by atoms with Gasteiger partial charge in [0.15, 0.2) is 12.3 Å². The molecule has 7 nitrogen and oxygen atoms in total. The molecule has 0 bridgehead atoms. The molecule has 1 aromatic carbocycles. The van der Waals surface area contributed by atoms with Gasteiger partial charge in [-0.1, -0.05) is 50.1 Å². The van der Waals surface area contributed by atoms with E-state index >= 15 is 0 Å². The summed E-state index contributed by atoms with van der Waals surface area (Å²) in [4.78, 5) is 36.3. The zero-order chi connectivity index (χ0) is 19.9. The van der Waals surface area contributed by atoms with Crippen molar-refractivity contribution >= 4 is 11.9 Å². The van der Waals surface area contributed by atoms with Crippen LogP contribution in [0.5, 0.6) is 0 Å². The summed E-state index contributed by atoms with van der Waals surface area (Å²) < 4.78 is 6.29. The van der Waals surface area contributed by atoms with Gasteiger partial charge in [-0.25, -0.2) is 9.48 Å². The molecule has 1 fully saturated rings. The van der Waals surface area contributed by atoms with Crippen LogP contribution in [0.1, 0.15) is 48.7 Å². The number of hydrogen-bond donors (Lipinski definition) is 1. The van der Waals surface area contributed by atoms with E-state index in [9.17, 15) is 14.4 Å². The van der Waals surface area contributed by atoms with Crippen LogP contribution in [0.2, 0.25) is 0 Å². The second kappa shape index (κ2) is 9.30. The van der Waals surface area contributed by atoms with Gasteiger partial charge in [0.1, 0.15) is 0 Å². The van der Waals surface area contributed by atoms with Crippen LogP contribution in [0.3, 0.4) is 0 Å². The van der Waals surface area contributed by atoms with E-state index in [0.29, 0.717) is 5.92 Å². The van der Waals surface area contributed by atoms with E-state index in [1.807, 2.05) is 30.3 Å². The summed E-state index contributed by atoms with van der Waals surface area (Å²) in [6, 6.07) is 12.1. The summed E-state index contributed by atoms with van der Waals surface area (Å²) in [6.45, 7) is 2.01. The monoisotopic (exact) mass is 383 g/mol. The predicted octanol–water partition coefficient (Wildman–Crippen LogP) is 2.14. The van der Waals surface area contributed by atoms with E-state index in [1.165, 1.54) is 23.2 Å². The number of rotatable bonds is 6. The van der Waals surface area contributed by atoms with Crippen molar-refractivity contribution in [3.05, 3.63) is 64.1 Å². The second-order valence-corrected chi connectivity index (χ2v) is 7.21. The van der Waals surface area contributed by atoms with E-state index in [0.717, 1.165) is 24.8 Å². The Morgan fingerprint density at radius 1 is 1.14 bits per heavy atom. The molecule has 148 valence electrons. The van der Waals surface area contributed by atoms with Crippen molar-refractivity contribution in [2.75, 3.05) is 6.61 Å². The molecule has 1 amide bonds. The Kier molecular flexibility index (Phi) is 6.57. The van der Waals surface area contributed by atoms with Crippen LogP contribution >= 0.6 is 0 Å². The molecule has 2 unspecified atom stereocenters. The largest absolute Gasteiger partial charge is 0.451 e. The molecule has 1 heterocycles. The van der Waals surface area contributed by atoms with Gasteiger partial charge in [0, 0.05) is 12.1 Å². The molecule has 7 heteroatoms. The molecule has 1 N–H and O–H groups in total. The van der Waals surface area contributed by atoms with E-state index < -0.39 is 5.97 Å². The number of carbonyl (C=O) groups is 2. The van der Waals surface area contributed by atoms with Crippen LogP contribution in [0.15, 0.2) is 47.3 Å². The lowest BCUT2D eigenvalue weighted by molar-refractivity contribution is -0.125. The van der Waals surface area contributed by atoms with Gasteiger partial charge in [-0.2, -0.15) is 5.10 Å². The van der Waals surface area contributed by atoms with Gasteiger partial charge in [0.05, 0.1) is 6.54 Å². The Balaban J connectivity index is 1.57. The standard InChI is InChI=1S/C21H25N3O4/c1-15-7-5-6-10-17(15)22-19(25)14-28-21(27)18-11-12-20(26)24(23-18)13-16-8-3-2-4-9-16/h2-4,8-9,11-12,15,17H,5-7,10,13-14H2,1H3,(H,22,25). The zero-order valence-electron chi connectivity index (χ0n) is 16.0. The van der Waals surface area contributed by atoms with Crippen LogP contribution in [0, 0.1) is 5.92 Å². The highest BCUT2D eigenvalue weighted by molar-refractivity contribution is 5.89. The molecular formula is C21H25N3O4. The summed E-state index contributed by atoms with van der Waals surface area (Å²) in [5.74, 6) is -0.616. The minimum atomic E-state index is -0.728. The molecule has 2 atom stereocenters. The van der Waals surface area contributed by atoms with Crippen molar-refractivity contribution in [2.24, 2.45) is 5.92 Å². The highest BCUT2D eigenvalue weighted by Crippen LogP contribution is 2.23. The third kappa shape index (κ3) is 5.28. The molecule has 0 spiro atoms. The normalized spacial score (nSPS) is 19.0. The lowest BCUT2D eigenvalue weighted by Crippen LogP contribution is -2.43. The van der Waals surface area contributed by atoms with Gasteiger partial charge >= 0.3 is 5.97 Å². The van der Waals surface area contributed by atoms with Gasteiger partial charge in [-0.3, -0.25) is 9.59 Å². The number of nitrogens with zero attached hydrogens (tertiary/aromatic N) is 2. The Morgan fingerprint density at radius 2 is 1.89 bits per heavy atom. The predicted molar refractivity (Wildman–Crippen MR) is 104 cm³/mol. The van der Waals surface area contributed by atoms with E-state index in [4.69, 9.17) is 4.74 Å². The Hall–Kier alpha value is -2.96. The van der Waals surface area contributed by atoms with Crippen LogP contribution in [-0.2, 0) is 16.1 Å². The summed E-state index contributed by atoms with van der Waals surface area (Å²) in [7, 11) is 0. The van der Waals surface area contributed by atoms with Crippen molar-refractivity contribution in [1.29, 1.82) is 0 Å². The van der Waals surface area contributed by atoms with E-state index in [-0.39, 0.29) is 36.4 Å². The summed E-state index contributed by atoms with van der Waals surface area (Å²) in [5, 5.41) is 7.01. The number of nitrogens with one attached hydrogen (secondary N) is 1. The van der Waals surface area contributed by atoms with Crippen molar-refractivity contribution in [3.63, 3.8) is 0 Å². The van der Waals surface area contributed by atoms with Gasteiger partial charge in [0.25, 0.3) is 11.5 Å². The molecule has 28 heavy (non-hydrogen) atoms. The van der Waals surface area contributed by atoms with Gasteiger partial charge in [0.2, 0.25) is 0 Å². The number of benzene rings is 1. The molecule has 3 rings (SSSR count). The summed E-state index contributed by atoms with van der Waals surface area (Å²) in [5.41, 5.74) is 0.572. The number of ether oxygens (including phenoxy) is 1. The SMILES string of the molecule is CC1CCCCC1NC(=O)COC(=O)c1ccc(=O)n(Cc2ccccc2)n1. The zero-order valence-corrected chi connectivity index (χ0v) is 16.0. The van der Waals surface area contributed by atoms with Gasteiger partial charge in [-0.05, 0) is 30.4 Å². The maximum atomic E-state index is 12.2. The first-order chi connectivity index (χ1) is 13.5. The topological polar surface area (TPSA) is 90.3 Å². The third-order valence-electron chi connectivity index (χ3n) is 5.04. The Bertz CT molecular complexity index is 879. The average molecular weight is 383 g/mol. The van der Waals surface area contributed by atoms with Crippen molar-refractivity contribution in [3.8, 4) is 0 Å². The molecule has 1 saturated carbocycles. The van der Waals surface area contributed by atoms with E-state index in [1.54, 1.807) is 0 Å². The fourth-order valence-electron chi connectivity index (χ4n) is 3.41. The van der Waals surface area contributed by atoms with Crippen molar-refractivity contribution in [2.45, 2.75) is 45.2 Å². The first kappa shape index (κ1) is 19.8. The number of esters is 1. The molecule has 2 aromatic rings. The molecule has 1 aromatic heterocycles. The quantitative estimate of drug-likeness (QED) is 0.772. The van der Waals surface area contributed by atoms with Crippen molar-refractivity contribution < 1.29 is 14.3 Å². The number of aromatic nitrogens is 2. The van der Waals surface area contributed by atoms with E-state index in [2.05, 4.69) is 17.3 Å². The highest BCUT2D eigenvalue weighted by Gasteiger charge is 2.23. The van der Waals surface area contributed by atoms with Crippen LogP contribution in [-0.4, -0.2) is 34.3 Å². The number of amides is 1. The fraction of sp³-hybridized carbons (Fsp3) is 0.429. The lowest BCUT2D eigenvalue weighted by atomic mass is 9.86. The molecule has 1 aliphatic carbocycles. The summed E-state index contributed by atoms with van der Waals surface area (Å²) in [6.07, 6.45) is 4.33. The third-order valence-corrected chi connectivity index (χ3v) is 5.04. The minimum absolute atomic E-state index is 0.00522. The maximum absolute atomic E-state index is 12.2. The molecular weight excluding hydrogens is 358 g/mol. The fourth-order valence-corrected chi connectivity index (χ4v) is 3.41.